The minimum atomic E-state index is 0.369. The molecule has 0 aromatic heterocycles. The first kappa shape index (κ1) is 16.3. The highest BCUT2D eigenvalue weighted by Crippen LogP contribution is 2.34. The van der Waals surface area contributed by atoms with E-state index in [1.165, 1.54) is 5.56 Å². The number of benzene rings is 1. The number of nitrogens with one attached hydrogen (secondary N) is 1. The smallest absolute Gasteiger partial charge is 0.124 e. The van der Waals surface area contributed by atoms with E-state index in [9.17, 15) is 0 Å². The number of hydrogen-bond donors (Lipinski definition) is 1. The summed E-state index contributed by atoms with van der Waals surface area (Å²) in [6.07, 6.45) is 1.16. The van der Waals surface area contributed by atoms with Gasteiger partial charge in [0.25, 0.3) is 0 Å². The van der Waals surface area contributed by atoms with E-state index in [1.54, 1.807) is 0 Å². The number of nitrogens with zero attached hydrogens (tertiary/aromatic N) is 1. The van der Waals surface area contributed by atoms with Gasteiger partial charge in [-0.3, -0.25) is 4.90 Å². The van der Waals surface area contributed by atoms with E-state index < -0.39 is 0 Å². The first-order valence-electron chi connectivity index (χ1n) is 8.36. The fourth-order valence-electron chi connectivity index (χ4n) is 3.18. The van der Waals surface area contributed by atoms with Gasteiger partial charge in [-0.2, -0.15) is 0 Å². The summed E-state index contributed by atoms with van der Waals surface area (Å²) in [4.78, 5) is 2.56. The Kier molecular flexibility index (Phi) is 6.07. The van der Waals surface area contributed by atoms with Crippen LogP contribution in [0.15, 0.2) is 24.3 Å². The third-order valence-corrected chi connectivity index (χ3v) is 4.14. The fourth-order valence-corrected chi connectivity index (χ4v) is 3.18. The number of ether oxygens (including phenoxy) is 1. The van der Waals surface area contributed by atoms with Crippen molar-refractivity contribution in [2.45, 2.75) is 46.2 Å². The van der Waals surface area contributed by atoms with Crippen molar-refractivity contribution in [1.82, 2.24) is 10.2 Å². The summed E-state index contributed by atoms with van der Waals surface area (Å²) < 4.78 is 6.03. The van der Waals surface area contributed by atoms with Crippen molar-refractivity contribution >= 4 is 0 Å². The van der Waals surface area contributed by atoms with Gasteiger partial charge in [-0.05, 0) is 31.5 Å². The topological polar surface area (TPSA) is 24.5 Å². The second-order valence-corrected chi connectivity index (χ2v) is 6.33. The predicted molar refractivity (Wildman–Crippen MR) is 88.8 cm³/mol. The van der Waals surface area contributed by atoms with Crippen LogP contribution >= 0.6 is 0 Å². The zero-order chi connectivity index (χ0) is 15.2. The predicted octanol–water partition coefficient (Wildman–Crippen LogP) is 3.47. The normalized spacial score (nSPS) is 21.4. The zero-order valence-corrected chi connectivity index (χ0v) is 13.9. The first-order chi connectivity index (χ1) is 10.2. The molecule has 0 bridgehead atoms. The molecule has 1 N–H and O–H groups in total. The fraction of sp³-hybridized carbons (Fsp3) is 0.667. The third kappa shape index (κ3) is 3.98. The van der Waals surface area contributed by atoms with Gasteiger partial charge in [0.1, 0.15) is 12.4 Å². The van der Waals surface area contributed by atoms with Gasteiger partial charge in [0, 0.05) is 12.1 Å². The summed E-state index contributed by atoms with van der Waals surface area (Å²) in [5.41, 5.74) is 1.31. The lowest BCUT2D eigenvalue weighted by Crippen LogP contribution is -2.51. The van der Waals surface area contributed by atoms with E-state index in [0.717, 1.165) is 38.4 Å². The van der Waals surface area contributed by atoms with Crippen LogP contribution in [-0.4, -0.2) is 37.2 Å². The standard InChI is InChI=1S/C18H30N2O/c1-5-11-19-18-15-9-7-8-10-17(15)21-13-16(18)20(6-2)12-14(3)4/h7-10,14,16,18-19H,5-6,11-13H2,1-4H3. The highest BCUT2D eigenvalue weighted by molar-refractivity contribution is 5.38. The van der Waals surface area contributed by atoms with Crippen LogP contribution in [0.3, 0.4) is 0 Å². The van der Waals surface area contributed by atoms with Crippen LogP contribution in [0.4, 0.5) is 0 Å². The van der Waals surface area contributed by atoms with Crippen molar-refractivity contribution in [2.75, 3.05) is 26.2 Å². The highest BCUT2D eigenvalue weighted by atomic mass is 16.5. The van der Waals surface area contributed by atoms with Crippen molar-refractivity contribution in [1.29, 1.82) is 0 Å². The Morgan fingerprint density at radius 3 is 2.71 bits per heavy atom. The second-order valence-electron chi connectivity index (χ2n) is 6.33. The Balaban J connectivity index is 2.23. The van der Waals surface area contributed by atoms with Gasteiger partial charge >= 0.3 is 0 Å². The molecule has 2 rings (SSSR count). The molecule has 118 valence electrons. The van der Waals surface area contributed by atoms with Gasteiger partial charge in [-0.25, -0.2) is 0 Å². The lowest BCUT2D eigenvalue weighted by molar-refractivity contribution is 0.0806. The maximum absolute atomic E-state index is 6.03. The molecule has 0 saturated heterocycles. The van der Waals surface area contributed by atoms with Gasteiger partial charge in [0.15, 0.2) is 0 Å². The molecule has 2 atom stereocenters. The first-order valence-corrected chi connectivity index (χ1v) is 8.36. The monoisotopic (exact) mass is 290 g/mol. The number of para-hydroxylation sites is 1. The number of rotatable bonds is 7. The van der Waals surface area contributed by atoms with Gasteiger partial charge in [0.2, 0.25) is 0 Å². The lowest BCUT2D eigenvalue weighted by Gasteiger charge is -2.41. The highest BCUT2D eigenvalue weighted by Gasteiger charge is 2.33. The van der Waals surface area contributed by atoms with E-state index >= 15 is 0 Å². The Hall–Kier alpha value is -1.06. The van der Waals surface area contributed by atoms with Gasteiger partial charge in [-0.15, -0.1) is 0 Å². The van der Waals surface area contributed by atoms with E-state index in [0.29, 0.717) is 18.0 Å². The zero-order valence-electron chi connectivity index (χ0n) is 13.9. The second kappa shape index (κ2) is 7.81. The SMILES string of the molecule is CCCNC1c2ccccc2OCC1N(CC)CC(C)C. The van der Waals surface area contributed by atoms with E-state index in [2.05, 4.69) is 62.2 Å². The molecule has 1 aliphatic heterocycles. The average molecular weight is 290 g/mol. The average Bonchev–Trinajstić information content (AvgIpc) is 2.50. The molecule has 1 aromatic carbocycles. The molecule has 3 heteroatoms. The van der Waals surface area contributed by atoms with Crippen LogP contribution in [0.2, 0.25) is 0 Å². The molecule has 1 aliphatic rings. The van der Waals surface area contributed by atoms with Crippen molar-refractivity contribution in [3.05, 3.63) is 29.8 Å². The van der Waals surface area contributed by atoms with E-state index in [-0.39, 0.29) is 0 Å². The molecule has 0 aliphatic carbocycles. The number of likely N-dealkylation sites (N-methyl/N-ethyl adjacent to an activating group) is 1. The van der Waals surface area contributed by atoms with Crippen LogP contribution in [-0.2, 0) is 0 Å². The molecular weight excluding hydrogens is 260 g/mol. The maximum atomic E-state index is 6.03. The Bertz CT molecular complexity index is 433. The van der Waals surface area contributed by atoms with Gasteiger partial charge < -0.3 is 10.1 Å². The van der Waals surface area contributed by atoms with Gasteiger partial charge in [0.05, 0.1) is 12.1 Å². The molecule has 0 spiro atoms. The lowest BCUT2D eigenvalue weighted by atomic mass is 9.94. The third-order valence-electron chi connectivity index (χ3n) is 4.14. The molecule has 2 unspecified atom stereocenters. The largest absolute Gasteiger partial charge is 0.492 e. The summed E-state index contributed by atoms with van der Waals surface area (Å²) in [6, 6.07) is 9.25. The summed E-state index contributed by atoms with van der Waals surface area (Å²) in [5.74, 6) is 1.72. The molecule has 1 heterocycles. The van der Waals surface area contributed by atoms with Crippen molar-refractivity contribution in [2.24, 2.45) is 5.92 Å². The van der Waals surface area contributed by atoms with E-state index in [1.807, 2.05) is 0 Å². The van der Waals surface area contributed by atoms with Crippen LogP contribution in [0, 0.1) is 5.92 Å². The summed E-state index contributed by atoms with van der Waals surface area (Å²) in [7, 11) is 0. The van der Waals surface area contributed by atoms with Crippen LogP contribution in [0.5, 0.6) is 5.75 Å². The molecular formula is C18H30N2O. The van der Waals surface area contributed by atoms with Crippen molar-refractivity contribution < 1.29 is 4.74 Å². The molecule has 0 fully saturated rings. The van der Waals surface area contributed by atoms with E-state index in [4.69, 9.17) is 4.74 Å². The Labute approximate surface area is 129 Å². The summed E-state index contributed by atoms with van der Waals surface area (Å²) >= 11 is 0. The molecule has 1 aromatic rings. The summed E-state index contributed by atoms with van der Waals surface area (Å²) in [6.45, 7) is 13.1. The molecule has 0 amide bonds. The Morgan fingerprint density at radius 2 is 2.05 bits per heavy atom. The Morgan fingerprint density at radius 1 is 1.29 bits per heavy atom. The van der Waals surface area contributed by atoms with Crippen molar-refractivity contribution in [3.63, 3.8) is 0 Å². The molecule has 0 saturated carbocycles. The molecule has 3 nitrogen and oxygen atoms in total. The maximum Gasteiger partial charge on any atom is 0.124 e. The minimum absolute atomic E-state index is 0.369. The quantitative estimate of drug-likeness (QED) is 0.832. The van der Waals surface area contributed by atoms with Crippen molar-refractivity contribution in [3.8, 4) is 5.75 Å². The molecule has 0 radical (unpaired) electrons. The minimum Gasteiger partial charge on any atom is -0.492 e. The van der Waals surface area contributed by atoms with Crippen LogP contribution in [0.25, 0.3) is 0 Å². The summed E-state index contributed by atoms with van der Waals surface area (Å²) in [5, 5.41) is 3.74. The number of hydrogen-bond acceptors (Lipinski definition) is 3. The van der Waals surface area contributed by atoms with Crippen LogP contribution < -0.4 is 10.1 Å². The number of fused-ring (bicyclic) bond motifs is 1. The van der Waals surface area contributed by atoms with Crippen LogP contribution in [0.1, 0.15) is 45.7 Å². The molecule has 21 heavy (non-hydrogen) atoms. The van der Waals surface area contributed by atoms with Gasteiger partial charge in [-0.1, -0.05) is 45.9 Å².